The van der Waals surface area contributed by atoms with Crippen LogP contribution in [0.25, 0.3) is 0 Å². The summed E-state index contributed by atoms with van der Waals surface area (Å²) in [5, 5.41) is 59.8. The van der Waals surface area contributed by atoms with Crippen molar-refractivity contribution in [2.75, 3.05) is 6.61 Å². The van der Waals surface area contributed by atoms with Crippen molar-refractivity contribution in [2.45, 2.75) is 43.3 Å². The SMILES string of the molecule is NC(CCC(=O)O)C(=O)O.O=CC(O)C(O)C(O)C(O)CO. The number of nitrogens with two attached hydrogens (primary N) is 1. The molecule has 0 aromatic carbocycles. The quantitative estimate of drug-likeness (QED) is 0.190. The molecule has 5 atom stereocenters. The van der Waals surface area contributed by atoms with Gasteiger partial charge >= 0.3 is 11.9 Å². The van der Waals surface area contributed by atoms with Gasteiger partial charge in [0.2, 0.25) is 0 Å². The monoisotopic (exact) mass is 327 g/mol. The standard InChI is InChI=1S/C6H12O6.C5H9NO4/c7-1-3(9)5(11)6(12)4(10)2-8;6-3(5(9)10)1-2-4(7)8/h1,3-6,8-12H,2H2;3H,1-2,6H2,(H,7,8)(H,9,10). The fraction of sp³-hybridized carbons (Fsp3) is 0.727. The molecule has 0 radical (unpaired) electrons. The van der Waals surface area contributed by atoms with E-state index in [1.54, 1.807) is 0 Å². The normalized spacial score (nSPS) is 17.2. The molecule has 0 amide bonds. The predicted octanol–water partition coefficient (Wildman–Crippen LogP) is -4.12. The zero-order chi connectivity index (χ0) is 17.9. The number of carbonyl (C=O) groups excluding carboxylic acids is 1. The van der Waals surface area contributed by atoms with Crippen LogP contribution in [0.2, 0.25) is 0 Å². The smallest absolute Gasteiger partial charge is 0.320 e. The molecule has 5 unspecified atom stereocenters. The van der Waals surface area contributed by atoms with Gasteiger partial charge in [0, 0.05) is 6.42 Å². The molecule has 0 spiro atoms. The van der Waals surface area contributed by atoms with Crippen molar-refractivity contribution >= 4 is 18.2 Å². The van der Waals surface area contributed by atoms with Gasteiger partial charge in [-0.25, -0.2) is 0 Å². The van der Waals surface area contributed by atoms with E-state index in [4.69, 9.17) is 41.5 Å². The molecule has 130 valence electrons. The molecule has 0 saturated heterocycles. The van der Waals surface area contributed by atoms with E-state index < -0.39 is 49.0 Å². The van der Waals surface area contributed by atoms with Crippen LogP contribution in [0.15, 0.2) is 0 Å². The third kappa shape index (κ3) is 10.1. The Morgan fingerprint density at radius 3 is 1.86 bits per heavy atom. The largest absolute Gasteiger partial charge is 0.481 e. The highest BCUT2D eigenvalue weighted by molar-refractivity contribution is 5.74. The Morgan fingerprint density at radius 1 is 1.05 bits per heavy atom. The lowest BCUT2D eigenvalue weighted by Gasteiger charge is -2.22. The fourth-order valence-electron chi connectivity index (χ4n) is 1.02. The van der Waals surface area contributed by atoms with Crippen LogP contribution in [-0.4, -0.2) is 91.0 Å². The highest BCUT2D eigenvalue weighted by Gasteiger charge is 2.29. The number of carboxylic acids is 2. The van der Waals surface area contributed by atoms with E-state index >= 15 is 0 Å². The molecule has 0 aliphatic carbocycles. The number of aliphatic hydroxyl groups is 5. The lowest BCUT2D eigenvalue weighted by atomic mass is 10.0. The van der Waals surface area contributed by atoms with Crippen molar-refractivity contribution in [3.63, 3.8) is 0 Å². The molecule has 0 heterocycles. The Bertz CT molecular complexity index is 350. The molecule has 0 aliphatic rings. The lowest BCUT2D eigenvalue weighted by Crippen LogP contribution is -2.46. The van der Waals surface area contributed by atoms with Crippen LogP contribution in [0, 0.1) is 0 Å². The van der Waals surface area contributed by atoms with Crippen LogP contribution in [0.4, 0.5) is 0 Å². The Kier molecular flexibility index (Phi) is 12.3. The number of rotatable bonds is 9. The fourth-order valence-corrected chi connectivity index (χ4v) is 1.02. The molecular formula is C11H21NO10. The van der Waals surface area contributed by atoms with Gasteiger partial charge in [-0.1, -0.05) is 0 Å². The molecule has 11 heteroatoms. The van der Waals surface area contributed by atoms with Crippen LogP contribution in [-0.2, 0) is 14.4 Å². The first-order chi connectivity index (χ1) is 10.1. The van der Waals surface area contributed by atoms with E-state index in [0.29, 0.717) is 0 Å². The summed E-state index contributed by atoms with van der Waals surface area (Å²) >= 11 is 0. The van der Waals surface area contributed by atoms with Crippen molar-refractivity contribution in [1.82, 2.24) is 0 Å². The van der Waals surface area contributed by atoms with Gasteiger partial charge in [-0.05, 0) is 6.42 Å². The van der Waals surface area contributed by atoms with Crippen LogP contribution in [0.5, 0.6) is 0 Å². The Morgan fingerprint density at radius 2 is 1.55 bits per heavy atom. The van der Waals surface area contributed by atoms with E-state index in [1.807, 2.05) is 0 Å². The first-order valence-corrected chi connectivity index (χ1v) is 6.07. The summed E-state index contributed by atoms with van der Waals surface area (Å²) in [4.78, 5) is 29.8. The van der Waals surface area contributed by atoms with Crippen LogP contribution < -0.4 is 5.73 Å². The van der Waals surface area contributed by atoms with Crippen LogP contribution in [0.1, 0.15) is 12.8 Å². The number of hydrogen-bond acceptors (Lipinski definition) is 9. The molecule has 0 aliphatic heterocycles. The third-order valence-corrected chi connectivity index (χ3v) is 2.41. The summed E-state index contributed by atoms with van der Waals surface area (Å²) in [6.07, 6.45) is -7.06. The Balaban J connectivity index is 0. The third-order valence-electron chi connectivity index (χ3n) is 2.41. The Hall–Kier alpha value is -1.63. The van der Waals surface area contributed by atoms with Gasteiger partial charge in [0.1, 0.15) is 30.5 Å². The van der Waals surface area contributed by atoms with E-state index in [2.05, 4.69) is 0 Å². The summed E-state index contributed by atoms with van der Waals surface area (Å²) in [5.41, 5.74) is 5.00. The molecule has 11 nitrogen and oxygen atoms in total. The molecule has 22 heavy (non-hydrogen) atoms. The molecule has 0 aromatic heterocycles. The van der Waals surface area contributed by atoms with E-state index in [1.165, 1.54) is 0 Å². The molecule has 0 bridgehead atoms. The number of aliphatic carboxylic acids is 2. The minimum absolute atomic E-state index is 0.0231. The molecule has 0 fully saturated rings. The lowest BCUT2D eigenvalue weighted by molar-refractivity contribution is -0.140. The van der Waals surface area contributed by atoms with Crippen molar-refractivity contribution in [2.24, 2.45) is 5.73 Å². The summed E-state index contributed by atoms with van der Waals surface area (Å²) in [5.74, 6) is -2.20. The molecular weight excluding hydrogens is 306 g/mol. The van der Waals surface area contributed by atoms with Crippen molar-refractivity contribution < 1.29 is 50.1 Å². The van der Waals surface area contributed by atoms with Gasteiger partial charge in [-0.3, -0.25) is 9.59 Å². The van der Waals surface area contributed by atoms with Gasteiger partial charge in [0.15, 0.2) is 6.29 Å². The number of aldehydes is 1. The number of hydrogen-bond donors (Lipinski definition) is 8. The van der Waals surface area contributed by atoms with Crippen molar-refractivity contribution in [1.29, 1.82) is 0 Å². The van der Waals surface area contributed by atoms with Gasteiger partial charge in [0.05, 0.1) is 6.61 Å². The first kappa shape index (κ1) is 22.6. The maximum absolute atomic E-state index is 9.99. The number of carboxylic acid groups (broad SMARTS) is 2. The zero-order valence-corrected chi connectivity index (χ0v) is 11.5. The molecule has 0 rings (SSSR count). The molecule has 9 N–H and O–H groups in total. The van der Waals surface area contributed by atoms with E-state index in [0.717, 1.165) is 0 Å². The average Bonchev–Trinajstić information content (AvgIpc) is 2.49. The van der Waals surface area contributed by atoms with Gasteiger partial charge in [0.25, 0.3) is 0 Å². The zero-order valence-electron chi connectivity index (χ0n) is 11.5. The van der Waals surface area contributed by atoms with Gasteiger partial charge < -0.3 is 46.3 Å². The second-order valence-electron chi connectivity index (χ2n) is 4.23. The van der Waals surface area contributed by atoms with Crippen molar-refractivity contribution in [3.05, 3.63) is 0 Å². The minimum atomic E-state index is -1.79. The predicted molar refractivity (Wildman–Crippen MR) is 69.7 cm³/mol. The number of aliphatic hydroxyl groups excluding tert-OH is 5. The molecule has 0 saturated carbocycles. The summed E-state index contributed by atoms with van der Waals surface area (Å²) in [7, 11) is 0. The summed E-state index contributed by atoms with van der Waals surface area (Å²) in [6.45, 7) is -0.760. The highest BCUT2D eigenvalue weighted by Crippen LogP contribution is 2.02. The molecule has 0 aromatic rings. The second kappa shape index (κ2) is 12.0. The maximum Gasteiger partial charge on any atom is 0.320 e. The maximum atomic E-state index is 9.99. The van der Waals surface area contributed by atoms with Gasteiger partial charge in [-0.2, -0.15) is 0 Å². The average molecular weight is 327 g/mol. The summed E-state index contributed by atoms with van der Waals surface area (Å²) in [6, 6.07) is -1.06. The summed E-state index contributed by atoms with van der Waals surface area (Å²) < 4.78 is 0. The second-order valence-corrected chi connectivity index (χ2v) is 4.23. The van der Waals surface area contributed by atoms with Crippen LogP contribution in [0.3, 0.4) is 0 Å². The first-order valence-electron chi connectivity index (χ1n) is 6.07. The van der Waals surface area contributed by atoms with Crippen molar-refractivity contribution in [3.8, 4) is 0 Å². The minimum Gasteiger partial charge on any atom is -0.481 e. The van der Waals surface area contributed by atoms with E-state index in [9.17, 15) is 14.4 Å². The number of carbonyl (C=O) groups is 3. The topological polar surface area (TPSA) is 219 Å². The Labute approximate surface area is 125 Å². The van der Waals surface area contributed by atoms with E-state index in [-0.39, 0.29) is 19.1 Å². The van der Waals surface area contributed by atoms with Gasteiger partial charge in [-0.15, -0.1) is 0 Å². The van der Waals surface area contributed by atoms with Crippen LogP contribution >= 0.6 is 0 Å². The highest BCUT2D eigenvalue weighted by atomic mass is 16.4.